The first-order chi connectivity index (χ1) is 10.6. The molecule has 22 heavy (non-hydrogen) atoms. The van der Waals surface area contributed by atoms with Gasteiger partial charge < -0.3 is 9.73 Å². The van der Waals surface area contributed by atoms with Gasteiger partial charge in [0.2, 0.25) is 5.91 Å². The van der Waals surface area contributed by atoms with Crippen LogP contribution in [0.3, 0.4) is 0 Å². The van der Waals surface area contributed by atoms with Gasteiger partial charge in [0.15, 0.2) is 11.7 Å². The minimum atomic E-state index is 0.0446. The van der Waals surface area contributed by atoms with Gasteiger partial charge >= 0.3 is 0 Å². The van der Waals surface area contributed by atoms with Gasteiger partial charge in [0.1, 0.15) is 0 Å². The lowest BCUT2D eigenvalue weighted by atomic mass is 10.2. The minimum absolute atomic E-state index is 0.0446. The van der Waals surface area contributed by atoms with Crippen LogP contribution in [0.1, 0.15) is 39.0 Å². The molecule has 118 valence electrons. The Bertz CT molecular complexity index is 625. The van der Waals surface area contributed by atoms with Gasteiger partial charge in [-0.05, 0) is 25.5 Å². The number of nitrogens with one attached hydrogen (secondary N) is 1. The van der Waals surface area contributed by atoms with Crippen LogP contribution in [0.25, 0.3) is 11.3 Å². The first-order valence-electron chi connectivity index (χ1n) is 7.58. The zero-order chi connectivity index (χ0) is 15.9. The van der Waals surface area contributed by atoms with Crippen molar-refractivity contribution in [3.63, 3.8) is 0 Å². The number of hydrogen-bond acceptors (Lipinski definition) is 3. The monoisotopic (exact) mass is 364 g/mol. The molecule has 5 heteroatoms. The van der Waals surface area contributed by atoms with Crippen LogP contribution in [0.5, 0.6) is 0 Å². The maximum absolute atomic E-state index is 11.8. The Morgan fingerprint density at radius 1 is 1.45 bits per heavy atom. The van der Waals surface area contributed by atoms with E-state index in [1.54, 1.807) is 6.20 Å². The highest BCUT2D eigenvalue weighted by Gasteiger charge is 2.10. The number of amides is 1. The Hall–Kier alpha value is -1.62. The van der Waals surface area contributed by atoms with Gasteiger partial charge in [-0.1, -0.05) is 41.4 Å². The van der Waals surface area contributed by atoms with E-state index < -0.39 is 0 Å². The summed E-state index contributed by atoms with van der Waals surface area (Å²) in [5.41, 5.74) is 0.967. The van der Waals surface area contributed by atoms with E-state index in [-0.39, 0.29) is 11.9 Å². The number of hydrogen-bond donors (Lipinski definition) is 1. The molecule has 2 aromatic rings. The third-order valence-electron chi connectivity index (χ3n) is 3.36. The summed E-state index contributed by atoms with van der Waals surface area (Å²) < 4.78 is 6.71. The second kappa shape index (κ2) is 8.13. The zero-order valence-corrected chi connectivity index (χ0v) is 14.5. The third-order valence-corrected chi connectivity index (χ3v) is 3.85. The summed E-state index contributed by atoms with van der Waals surface area (Å²) in [5, 5.41) is 2.98. The second-order valence-corrected chi connectivity index (χ2v) is 6.30. The van der Waals surface area contributed by atoms with Crippen molar-refractivity contribution >= 4 is 21.8 Å². The van der Waals surface area contributed by atoms with Crippen molar-refractivity contribution in [1.82, 2.24) is 10.3 Å². The summed E-state index contributed by atoms with van der Waals surface area (Å²) in [6.07, 6.45) is 4.68. The Kier molecular flexibility index (Phi) is 6.19. The highest BCUT2D eigenvalue weighted by atomic mass is 79.9. The maximum atomic E-state index is 11.8. The highest BCUT2D eigenvalue weighted by molar-refractivity contribution is 9.10. The van der Waals surface area contributed by atoms with Crippen LogP contribution >= 0.6 is 15.9 Å². The van der Waals surface area contributed by atoms with E-state index in [4.69, 9.17) is 4.42 Å². The molecule has 0 aliphatic carbocycles. The highest BCUT2D eigenvalue weighted by Crippen LogP contribution is 2.23. The van der Waals surface area contributed by atoms with E-state index in [1.807, 2.05) is 31.2 Å². The summed E-state index contributed by atoms with van der Waals surface area (Å²) >= 11 is 3.44. The molecule has 0 unspecified atom stereocenters. The lowest BCUT2D eigenvalue weighted by Crippen LogP contribution is -2.32. The molecule has 0 fully saturated rings. The molecule has 0 aliphatic heterocycles. The van der Waals surface area contributed by atoms with Crippen LogP contribution in [0, 0.1) is 0 Å². The number of oxazole rings is 1. The topological polar surface area (TPSA) is 55.1 Å². The minimum Gasteiger partial charge on any atom is -0.441 e. The van der Waals surface area contributed by atoms with Crippen LogP contribution in [0.2, 0.25) is 0 Å². The fourth-order valence-corrected chi connectivity index (χ4v) is 2.67. The van der Waals surface area contributed by atoms with Gasteiger partial charge in [0.25, 0.3) is 0 Å². The lowest BCUT2D eigenvalue weighted by molar-refractivity contribution is -0.121. The van der Waals surface area contributed by atoms with Gasteiger partial charge in [-0.15, -0.1) is 0 Å². The number of halogens is 1. The largest absolute Gasteiger partial charge is 0.441 e. The molecule has 1 N–H and O–H groups in total. The van der Waals surface area contributed by atoms with Gasteiger partial charge in [-0.3, -0.25) is 4.79 Å². The van der Waals surface area contributed by atoms with Crippen molar-refractivity contribution in [2.45, 2.75) is 45.6 Å². The Balaban J connectivity index is 1.88. The summed E-state index contributed by atoms with van der Waals surface area (Å²) in [7, 11) is 0. The van der Waals surface area contributed by atoms with E-state index in [0.717, 1.165) is 28.6 Å². The predicted octanol–water partition coefficient (Wildman–Crippen LogP) is 4.34. The number of nitrogens with zero attached hydrogens (tertiary/aromatic N) is 1. The fourth-order valence-electron chi connectivity index (χ4n) is 2.27. The molecule has 0 radical (unpaired) electrons. The van der Waals surface area contributed by atoms with E-state index >= 15 is 0 Å². The number of aryl methyl sites for hydroxylation is 1. The van der Waals surface area contributed by atoms with Gasteiger partial charge in [0.05, 0.1) is 6.20 Å². The van der Waals surface area contributed by atoms with Crippen molar-refractivity contribution in [3.05, 3.63) is 40.8 Å². The normalized spacial score (nSPS) is 12.1. The number of carbonyl (C=O) groups is 1. The van der Waals surface area contributed by atoms with Crippen LogP contribution in [-0.4, -0.2) is 16.9 Å². The summed E-state index contributed by atoms with van der Waals surface area (Å²) in [4.78, 5) is 16.1. The zero-order valence-electron chi connectivity index (χ0n) is 12.9. The molecule has 0 aliphatic rings. The smallest absolute Gasteiger partial charge is 0.220 e. The number of benzene rings is 1. The van der Waals surface area contributed by atoms with Crippen LogP contribution < -0.4 is 5.32 Å². The third kappa shape index (κ3) is 4.98. The predicted molar refractivity (Wildman–Crippen MR) is 90.5 cm³/mol. The van der Waals surface area contributed by atoms with Crippen LogP contribution in [0.15, 0.2) is 39.4 Å². The second-order valence-electron chi connectivity index (χ2n) is 5.39. The molecular weight excluding hydrogens is 344 g/mol. The van der Waals surface area contributed by atoms with E-state index in [1.165, 1.54) is 0 Å². The quantitative estimate of drug-likeness (QED) is 0.794. The molecular formula is C17H21BrN2O2. The average molecular weight is 365 g/mol. The standard InChI is InChI=1S/C17H21BrN2O2/c1-3-5-12(2)20-16(21)8-9-17-19-11-15(22-17)13-6-4-7-14(18)10-13/h4,6-7,10-12H,3,5,8-9H2,1-2H3,(H,20,21)/t12-/m1/s1. The average Bonchev–Trinajstić information content (AvgIpc) is 2.94. The number of carbonyl (C=O) groups excluding carboxylic acids is 1. The van der Waals surface area contributed by atoms with Crippen molar-refractivity contribution in [2.24, 2.45) is 0 Å². The molecule has 1 heterocycles. The number of rotatable bonds is 7. The van der Waals surface area contributed by atoms with Gasteiger partial charge in [-0.25, -0.2) is 4.98 Å². The molecule has 1 amide bonds. The first kappa shape index (κ1) is 16.7. The molecule has 2 rings (SSSR count). The van der Waals surface area contributed by atoms with E-state index in [0.29, 0.717) is 18.7 Å². The Morgan fingerprint density at radius 2 is 2.27 bits per heavy atom. The van der Waals surface area contributed by atoms with Crippen molar-refractivity contribution in [2.75, 3.05) is 0 Å². The van der Waals surface area contributed by atoms with Crippen molar-refractivity contribution < 1.29 is 9.21 Å². The van der Waals surface area contributed by atoms with E-state index in [9.17, 15) is 4.79 Å². The van der Waals surface area contributed by atoms with Gasteiger partial charge in [-0.2, -0.15) is 0 Å². The van der Waals surface area contributed by atoms with E-state index in [2.05, 4.69) is 33.2 Å². The first-order valence-corrected chi connectivity index (χ1v) is 8.37. The molecule has 0 bridgehead atoms. The lowest BCUT2D eigenvalue weighted by Gasteiger charge is -2.11. The molecule has 0 spiro atoms. The van der Waals surface area contributed by atoms with Crippen LogP contribution in [-0.2, 0) is 11.2 Å². The summed E-state index contributed by atoms with van der Waals surface area (Å²) in [6.45, 7) is 4.14. The molecule has 1 aromatic carbocycles. The Labute approximate surface area is 139 Å². The molecule has 4 nitrogen and oxygen atoms in total. The summed E-state index contributed by atoms with van der Waals surface area (Å²) in [6, 6.07) is 8.07. The Morgan fingerprint density at radius 3 is 3.00 bits per heavy atom. The molecule has 1 aromatic heterocycles. The molecule has 1 atom stereocenters. The van der Waals surface area contributed by atoms with Gasteiger partial charge in [0, 0.05) is 28.9 Å². The SMILES string of the molecule is CCC[C@@H](C)NC(=O)CCc1ncc(-c2cccc(Br)c2)o1. The molecule has 0 saturated carbocycles. The summed E-state index contributed by atoms with van der Waals surface area (Å²) in [5.74, 6) is 1.35. The van der Waals surface area contributed by atoms with Crippen LogP contribution in [0.4, 0.5) is 0 Å². The van der Waals surface area contributed by atoms with Crippen molar-refractivity contribution in [1.29, 1.82) is 0 Å². The maximum Gasteiger partial charge on any atom is 0.220 e. The van der Waals surface area contributed by atoms with Crippen molar-refractivity contribution in [3.8, 4) is 11.3 Å². The fraction of sp³-hybridized carbons (Fsp3) is 0.412. The molecule has 0 saturated heterocycles. The number of aromatic nitrogens is 1.